The van der Waals surface area contributed by atoms with Crippen LogP contribution in [0.15, 0.2) is 29.1 Å². The molecule has 2 aromatic heterocycles. The number of rotatable bonds is 4. The minimum atomic E-state index is -0.810. The standard InChI is InChI=1S/C23H24ClN3O3/c1-2-15-12-25-13-18(24)19(15)20-17(21(30-26-20)16-3-4-16)9-14-10-23(11-14)5-7-27(8-6-23)22(28)29/h2,9,12-13,16H,1,3-8,10-11H2,(H,28,29). The number of likely N-dealkylation sites (tertiary alicyclic amines) is 1. The van der Waals surface area contributed by atoms with Crippen LogP contribution < -0.4 is 0 Å². The van der Waals surface area contributed by atoms with Gasteiger partial charge in [-0.15, -0.1) is 0 Å². The van der Waals surface area contributed by atoms with Crippen molar-refractivity contribution in [3.63, 3.8) is 0 Å². The molecule has 6 nitrogen and oxygen atoms in total. The number of pyridine rings is 1. The van der Waals surface area contributed by atoms with Crippen LogP contribution in [0.1, 0.15) is 61.3 Å². The van der Waals surface area contributed by atoms with Crippen molar-refractivity contribution in [1.29, 1.82) is 0 Å². The van der Waals surface area contributed by atoms with Crippen molar-refractivity contribution in [1.82, 2.24) is 15.0 Å². The number of piperidine rings is 1. The molecule has 3 heterocycles. The van der Waals surface area contributed by atoms with Gasteiger partial charge in [0.05, 0.1) is 5.02 Å². The number of carboxylic acid groups (broad SMARTS) is 1. The van der Waals surface area contributed by atoms with Crippen LogP contribution in [-0.4, -0.2) is 39.3 Å². The molecule has 2 saturated carbocycles. The number of allylic oxidation sites excluding steroid dienone is 1. The Hall–Kier alpha value is -2.60. The second-order valence-corrected chi connectivity index (χ2v) is 9.21. The van der Waals surface area contributed by atoms with Crippen molar-refractivity contribution < 1.29 is 14.4 Å². The summed E-state index contributed by atoms with van der Waals surface area (Å²) < 4.78 is 5.80. The zero-order chi connectivity index (χ0) is 20.9. The lowest BCUT2D eigenvalue weighted by molar-refractivity contribution is 0.0664. The Bertz CT molecular complexity index is 1040. The van der Waals surface area contributed by atoms with E-state index < -0.39 is 6.09 Å². The number of aromatic nitrogens is 2. The van der Waals surface area contributed by atoms with Crippen molar-refractivity contribution >= 4 is 29.8 Å². The highest BCUT2D eigenvalue weighted by molar-refractivity contribution is 6.33. The maximum atomic E-state index is 11.2. The van der Waals surface area contributed by atoms with Gasteiger partial charge in [-0.3, -0.25) is 4.98 Å². The summed E-state index contributed by atoms with van der Waals surface area (Å²) in [6, 6.07) is 0. The first kappa shape index (κ1) is 19.4. The van der Waals surface area contributed by atoms with E-state index >= 15 is 0 Å². The van der Waals surface area contributed by atoms with Crippen LogP contribution in [0.2, 0.25) is 5.02 Å². The number of hydrogen-bond donors (Lipinski definition) is 1. The molecule has 5 rings (SSSR count). The van der Waals surface area contributed by atoms with Crippen molar-refractivity contribution in [3.05, 3.63) is 46.5 Å². The molecule has 7 heteroatoms. The highest BCUT2D eigenvalue weighted by Gasteiger charge is 2.44. The molecule has 3 aliphatic rings. The van der Waals surface area contributed by atoms with Gasteiger partial charge in [-0.05, 0) is 50.0 Å². The van der Waals surface area contributed by atoms with Gasteiger partial charge in [-0.1, -0.05) is 35.0 Å². The lowest BCUT2D eigenvalue weighted by atomic mass is 9.60. The van der Waals surface area contributed by atoms with Crippen molar-refractivity contribution in [2.75, 3.05) is 13.1 Å². The molecular weight excluding hydrogens is 402 g/mol. The molecule has 3 fully saturated rings. The van der Waals surface area contributed by atoms with Crippen LogP contribution in [0.3, 0.4) is 0 Å². The quantitative estimate of drug-likeness (QED) is 0.664. The highest BCUT2D eigenvalue weighted by Crippen LogP contribution is 2.54. The molecule has 1 amide bonds. The summed E-state index contributed by atoms with van der Waals surface area (Å²) in [5.41, 5.74) is 5.05. The van der Waals surface area contributed by atoms with Crippen molar-refractivity contribution in [2.24, 2.45) is 5.41 Å². The van der Waals surface area contributed by atoms with E-state index in [4.69, 9.17) is 16.1 Å². The fraction of sp³-hybridized carbons (Fsp3) is 0.435. The number of halogens is 1. The van der Waals surface area contributed by atoms with Crippen LogP contribution in [-0.2, 0) is 0 Å². The number of hydrogen-bond acceptors (Lipinski definition) is 4. The molecule has 0 unspecified atom stereocenters. The Morgan fingerprint density at radius 2 is 2.03 bits per heavy atom. The van der Waals surface area contributed by atoms with Gasteiger partial charge < -0.3 is 14.5 Å². The number of amides is 1. The van der Waals surface area contributed by atoms with Crippen molar-refractivity contribution in [3.8, 4) is 11.3 Å². The molecule has 1 N–H and O–H groups in total. The molecule has 30 heavy (non-hydrogen) atoms. The first-order valence-electron chi connectivity index (χ1n) is 10.4. The molecule has 0 radical (unpaired) electrons. The monoisotopic (exact) mass is 425 g/mol. The molecule has 1 spiro atoms. The molecule has 1 saturated heterocycles. The zero-order valence-electron chi connectivity index (χ0n) is 16.7. The Balaban J connectivity index is 1.44. The average molecular weight is 426 g/mol. The van der Waals surface area contributed by atoms with E-state index in [1.54, 1.807) is 18.5 Å². The predicted octanol–water partition coefficient (Wildman–Crippen LogP) is 5.85. The third-order valence-electron chi connectivity index (χ3n) is 6.74. The predicted molar refractivity (Wildman–Crippen MR) is 115 cm³/mol. The van der Waals surface area contributed by atoms with Crippen LogP contribution in [0.5, 0.6) is 0 Å². The maximum Gasteiger partial charge on any atom is 0.407 e. The molecule has 2 aliphatic carbocycles. The fourth-order valence-corrected chi connectivity index (χ4v) is 5.12. The van der Waals surface area contributed by atoms with Gasteiger partial charge in [0.2, 0.25) is 0 Å². The van der Waals surface area contributed by atoms with Crippen molar-refractivity contribution in [2.45, 2.75) is 44.4 Å². The first-order chi connectivity index (χ1) is 14.5. The van der Waals surface area contributed by atoms with Gasteiger partial charge in [-0.25, -0.2) is 4.79 Å². The normalized spacial score (nSPS) is 20.2. The second kappa shape index (κ2) is 7.27. The smallest absolute Gasteiger partial charge is 0.407 e. The van der Waals surface area contributed by atoms with E-state index in [1.165, 1.54) is 10.5 Å². The zero-order valence-corrected chi connectivity index (χ0v) is 17.5. The minimum absolute atomic E-state index is 0.245. The summed E-state index contributed by atoms with van der Waals surface area (Å²) in [7, 11) is 0. The van der Waals surface area contributed by atoms with E-state index in [1.807, 2.05) is 0 Å². The lowest BCUT2D eigenvalue weighted by Crippen LogP contribution is -2.46. The van der Waals surface area contributed by atoms with Gasteiger partial charge in [0, 0.05) is 48.1 Å². The SMILES string of the molecule is C=Cc1cncc(Cl)c1-c1noc(C2CC2)c1C=C1CC2(CCN(C(=O)O)CC2)C1. The first-order valence-corrected chi connectivity index (χ1v) is 10.8. The summed E-state index contributed by atoms with van der Waals surface area (Å²) in [4.78, 5) is 16.9. The second-order valence-electron chi connectivity index (χ2n) is 8.80. The van der Waals surface area contributed by atoms with E-state index in [-0.39, 0.29) is 5.41 Å². The van der Waals surface area contributed by atoms with E-state index in [0.29, 0.717) is 24.0 Å². The Morgan fingerprint density at radius 1 is 1.30 bits per heavy atom. The molecule has 1 aliphatic heterocycles. The minimum Gasteiger partial charge on any atom is -0.465 e. The molecule has 0 bridgehead atoms. The summed E-state index contributed by atoms with van der Waals surface area (Å²) in [5, 5.41) is 14.1. The van der Waals surface area contributed by atoms with Crippen LogP contribution >= 0.6 is 11.6 Å². The van der Waals surface area contributed by atoms with E-state index in [0.717, 1.165) is 66.7 Å². The Kier molecular flexibility index (Phi) is 4.69. The Labute approximate surface area is 180 Å². The maximum absolute atomic E-state index is 11.2. The fourth-order valence-electron chi connectivity index (χ4n) is 4.87. The number of nitrogens with zero attached hydrogens (tertiary/aromatic N) is 3. The van der Waals surface area contributed by atoms with Crippen LogP contribution in [0.4, 0.5) is 4.79 Å². The molecule has 0 atom stereocenters. The largest absolute Gasteiger partial charge is 0.465 e. The van der Waals surface area contributed by atoms with Crippen LogP contribution in [0.25, 0.3) is 23.4 Å². The Morgan fingerprint density at radius 3 is 2.67 bits per heavy atom. The van der Waals surface area contributed by atoms with Gasteiger partial charge in [0.1, 0.15) is 11.5 Å². The molecule has 156 valence electrons. The van der Waals surface area contributed by atoms with Gasteiger partial charge in [0.25, 0.3) is 0 Å². The topological polar surface area (TPSA) is 79.5 Å². The van der Waals surface area contributed by atoms with Gasteiger partial charge in [-0.2, -0.15) is 0 Å². The summed E-state index contributed by atoms with van der Waals surface area (Å²) in [6.45, 7) is 5.15. The third-order valence-corrected chi connectivity index (χ3v) is 7.02. The van der Waals surface area contributed by atoms with E-state index in [2.05, 4.69) is 22.8 Å². The summed E-state index contributed by atoms with van der Waals surface area (Å²) >= 11 is 6.49. The third kappa shape index (κ3) is 3.33. The molecule has 2 aromatic rings. The summed E-state index contributed by atoms with van der Waals surface area (Å²) in [5.74, 6) is 1.38. The summed E-state index contributed by atoms with van der Waals surface area (Å²) in [6.07, 6.45) is 12.7. The average Bonchev–Trinajstić information content (AvgIpc) is 3.48. The molecule has 0 aromatic carbocycles. The molecular formula is C23H24ClN3O3. The van der Waals surface area contributed by atoms with Gasteiger partial charge in [0.15, 0.2) is 0 Å². The highest BCUT2D eigenvalue weighted by atomic mass is 35.5. The van der Waals surface area contributed by atoms with Gasteiger partial charge >= 0.3 is 6.09 Å². The lowest BCUT2D eigenvalue weighted by Gasteiger charge is -2.49. The number of carbonyl (C=O) groups is 1. The van der Waals surface area contributed by atoms with Crippen LogP contribution in [0, 0.1) is 5.41 Å². The van der Waals surface area contributed by atoms with E-state index in [9.17, 15) is 9.90 Å².